The molecular formula is C13H12FN3O3. The van der Waals surface area contributed by atoms with Crippen molar-refractivity contribution in [3.05, 3.63) is 68.2 Å². The highest BCUT2D eigenvalue weighted by Gasteiger charge is 2.10. The van der Waals surface area contributed by atoms with Gasteiger partial charge in [0.05, 0.1) is 0 Å². The maximum Gasteiger partial charge on any atom is 0.325 e. The standard InChI is InChI=1S/C13H12FN3O3/c14-10-4-2-1-3-8(10)5-6-15-11(18)9-7-16-13(20)17-12(9)19/h1-4,7H,5-6H2,(H,15,18)(H2,16,17,19,20). The maximum absolute atomic E-state index is 13.3. The SMILES string of the molecule is O=C(NCCc1ccccc1F)c1c[nH]c(=O)[nH]c1=O. The lowest BCUT2D eigenvalue weighted by Crippen LogP contribution is -2.34. The Bertz CT molecular complexity index is 736. The summed E-state index contributed by atoms with van der Waals surface area (Å²) in [6, 6.07) is 6.24. The average molecular weight is 277 g/mol. The molecule has 104 valence electrons. The van der Waals surface area contributed by atoms with Crippen LogP contribution in [0.3, 0.4) is 0 Å². The second kappa shape index (κ2) is 5.96. The molecule has 0 aliphatic rings. The summed E-state index contributed by atoms with van der Waals surface area (Å²) in [5, 5.41) is 2.49. The van der Waals surface area contributed by atoms with E-state index in [0.717, 1.165) is 6.20 Å². The summed E-state index contributed by atoms with van der Waals surface area (Å²) in [5.41, 5.74) is -1.17. The van der Waals surface area contributed by atoms with Gasteiger partial charge in [0.1, 0.15) is 11.4 Å². The van der Waals surface area contributed by atoms with Gasteiger partial charge in [-0.05, 0) is 18.1 Å². The van der Waals surface area contributed by atoms with Crippen LogP contribution in [0, 0.1) is 5.82 Å². The largest absolute Gasteiger partial charge is 0.351 e. The molecule has 0 saturated carbocycles. The Morgan fingerprint density at radius 1 is 1.25 bits per heavy atom. The summed E-state index contributed by atoms with van der Waals surface area (Å²) < 4.78 is 13.3. The van der Waals surface area contributed by atoms with Crippen molar-refractivity contribution in [2.75, 3.05) is 6.54 Å². The van der Waals surface area contributed by atoms with E-state index >= 15 is 0 Å². The third-order valence-electron chi connectivity index (χ3n) is 2.70. The number of benzene rings is 1. The molecule has 0 fully saturated rings. The van der Waals surface area contributed by atoms with Gasteiger partial charge < -0.3 is 10.3 Å². The molecule has 0 spiro atoms. The smallest absolute Gasteiger partial charge is 0.325 e. The third kappa shape index (κ3) is 3.19. The zero-order chi connectivity index (χ0) is 14.5. The zero-order valence-corrected chi connectivity index (χ0v) is 10.4. The predicted molar refractivity (Wildman–Crippen MR) is 70.1 cm³/mol. The second-order valence-corrected chi connectivity index (χ2v) is 4.08. The number of aromatic nitrogens is 2. The number of halogens is 1. The Labute approximate surface area is 112 Å². The predicted octanol–water partition coefficient (Wildman–Crippen LogP) is 0.175. The molecule has 0 radical (unpaired) electrons. The van der Waals surface area contributed by atoms with Gasteiger partial charge in [-0.3, -0.25) is 14.6 Å². The van der Waals surface area contributed by atoms with Gasteiger partial charge in [0.15, 0.2) is 0 Å². The highest BCUT2D eigenvalue weighted by atomic mass is 19.1. The number of hydrogen-bond donors (Lipinski definition) is 3. The van der Waals surface area contributed by atoms with E-state index in [0.29, 0.717) is 12.0 Å². The Morgan fingerprint density at radius 2 is 2.00 bits per heavy atom. The Kier molecular flexibility index (Phi) is 4.09. The van der Waals surface area contributed by atoms with Crippen LogP contribution in [0.4, 0.5) is 4.39 Å². The van der Waals surface area contributed by atoms with Crippen molar-refractivity contribution in [3.8, 4) is 0 Å². The molecule has 1 amide bonds. The monoisotopic (exact) mass is 277 g/mol. The molecular weight excluding hydrogens is 265 g/mol. The van der Waals surface area contributed by atoms with Crippen molar-refractivity contribution >= 4 is 5.91 Å². The molecule has 2 rings (SSSR count). The van der Waals surface area contributed by atoms with Gasteiger partial charge in [-0.2, -0.15) is 0 Å². The van der Waals surface area contributed by atoms with Crippen molar-refractivity contribution in [2.45, 2.75) is 6.42 Å². The first-order valence-corrected chi connectivity index (χ1v) is 5.91. The highest BCUT2D eigenvalue weighted by Crippen LogP contribution is 2.06. The number of amides is 1. The number of H-pyrrole nitrogens is 2. The molecule has 20 heavy (non-hydrogen) atoms. The van der Waals surface area contributed by atoms with Crippen LogP contribution in [0.2, 0.25) is 0 Å². The minimum atomic E-state index is -0.767. The molecule has 6 nitrogen and oxygen atoms in total. The van der Waals surface area contributed by atoms with Crippen molar-refractivity contribution in [1.29, 1.82) is 0 Å². The van der Waals surface area contributed by atoms with Crippen molar-refractivity contribution in [1.82, 2.24) is 15.3 Å². The van der Waals surface area contributed by atoms with Crippen molar-refractivity contribution < 1.29 is 9.18 Å². The summed E-state index contributed by atoms with van der Waals surface area (Å²) >= 11 is 0. The van der Waals surface area contributed by atoms with Gasteiger partial charge in [-0.25, -0.2) is 9.18 Å². The first-order chi connectivity index (χ1) is 9.58. The van der Waals surface area contributed by atoms with Crippen LogP contribution in [-0.4, -0.2) is 22.4 Å². The quantitative estimate of drug-likeness (QED) is 0.743. The van der Waals surface area contributed by atoms with Gasteiger partial charge in [0.25, 0.3) is 11.5 Å². The van der Waals surface area contributed by atoms with E-state index in [1.165, 1.54) is 6.07 Å². The Balaban J connectivity index is 1.98. The van der Waals surface area contributed by atoms with E-state index in [9.17, 15) is 18.8 Å². The molecule has 7 heteroatoms. The van der Waals surface area contributed by atoms with E-state index in [-0.39, 0.29) is 17.9 Å². The molecule has 0 saturated heterocycles. The van der Waals surface area contributed by atoms with Gasteiger partial charge in [-0.15, -0.1) is 0 Å². The molecule has 1 aromatic heterocycles. The second-order valence-electron chi connectivity index (χ2n) is 4.08. The van der Waals surface area contributed by atoms with E-state index < -0.39 is 17.2 Å². The summed E-state index contributed by atoms with van der Waals surface area (Å²) in [7, 11) is 0. The van der Waals surface area contributed by atoms with Crippen LogP contribution >= 0.6 is 0 Å². The average Bonchev–Trinajstić information content (AvgIpc) is 2.40. The first kappa shape index (κ1) is 13.7. The van der Waals surface area contributed by atoms with Gasteiger partial charge >= 0.3 is 5.69 Å². The summed E-state index contributed by atoms with van der Waals surface area (Å²) in [6.45, 7) is 0.179. The van der Waals surface area contributed by atoms with Crippen LogP contribution in [-0.2, 0) is 6.42 Å². The lowest BCUT2D eigenvalue weighted by Gasteiger charge is -2.05. The van der Waals surface area contributed by atoms with E-state index in [4.69, 9.17) is 0 Å². The van der Waals surface area contributed by atoms with Gasteiger partial charge in [0.2, 0.25) is 0 Å². The van der Waals surface area contributed by atoms with Gasteiger partial charge in [0, 0.05) is 12.7 Å². The van der Waals surface area contributed by atoms with Crippen LogP contribution in [0.5, 0.6) is 0 Å². The summed E-state index contributed by atoms with van der Waals surface area (Å²) in [5.74, 6) is -0.970. The fourth-order valence-electron chi connectivity index (χ4n) is 1.69. The molecule has 0 aliphatic heterocycles. The fourth-order valence-corrected chi connectivity index (χ4v) is 1.69. The zero-order valence-electron chi connectivity index (χ0n) is 10.4. The molecule has 3 N–H and O–H groups in total. The van der Waals surface area contributed by atoms with Crippen LogP contribution < -0.4 is 16.6 Å². The number of carbonyl (C=O) groups excluding carboxylic acids is 1. The highest BCUT2D eigenvalue weighted by molar-refractivity contribution is 5.93. The van der Waals surface area contributed by atoms with Crippen LogP contribution in [0.15, 0.2) is 40.1 Å². The topological polar surface area (TPSA) is 94.8 Å². The lowest BCUT2D eigenvalue weighted by atomic mass is 10.1. The number of carbonyl (C=O) groups is 1. The minimum absolute atomic E-state index is 0.179. The first-order valence-electron chi connectivity index (χ1n) is 5.91. The Hall–Kier alpha value is -2.70. The minimum Gasteiger partial charge on any atom is -0.351 e. The van der Waals surface area contributed by atoms with Crippen LogP contribution in [0.25, 0.3) is 0 Å². The normalized spacial score (nSPS) is 10.2. The summed E-state index contributed by atoms with van der Waals surface area (Å²) in [6.07, 6.45) is 1.35. The number of hydrogen-bond acceptors (Lipinski definition) is 3. The fraction of sp³-hybridized carbons (Fsp3) is 0.154. The molecule has 1 aromatic carbocycles. The summed E-state index contributed by atoms with van der Waals surface area (Å²) in [4.78, 5) is 38.1. The lowest BCUT2D eigenvalue weighted by molar-refractivity contribution is 0.0952. The van der Waals surface area contributed by atoms with Gasteiger partial charge in [-0.1, -0.05) is 18.2 Å². The number of nitrogens with one attached hydrogen (secondary N) is 3. The third-order valence-corrected chi connectivity index (χ3v) is 2.70. The number of aromatic amines is 2. The molecule has 0 unspecified atom stereocenters. The van der Waals surface area contributed by atoms with E-state index in [1.807, 2.05) is 4.98 Å². The molecule has 0 atom stereocenters. The Morgan fingerprint density at radius 3 is 2.70 bits per heavy atom. The van der Waals surface area contributed by atoms with Crippen molar-refractivity contribution in [3.63, 3.8) is 0 Å². The van der Waals surface area contributed by atoms with Crippen LogP contribution in [0.1, 0.15) is 15.9 Å². The molecule has 2 aromatic rings. The molecule has 0 aliphatic carbocycles. The molecule has 0 bridgehead atoms. The maximum atomic E-state index is 13.3. The van der Waals surface area contributed by atoms with Crippen molar-refractivity contribution in [2.24, 2.45) is 0 Å². The molecule has 1 heterocycles. The van der Waals surface area contributed by atoms with E-state index in [1.54, 1.807) is 18.2 Å². The van der Waals surface area contributed by atoms with E-state index in [2.05, 4.69) is 10.3 Å². The number of rotatable bonds is 4.